The maximum Gasteiger partial charge on any atom is 0.526 e. The first-order chi connectivity index (χ1) is 19.4. The van der Waals surface area contributed by atoms with Crippen LogP contribution in [0.25, 0.3) is 0 Å². The van der Waals surface area contributed by atoms with Crippen LogP contribution in [-0.4, -0.2) is 87.2 Å². The molecule has 2 atom stereocenters. The molecule has 14 nitrogen and oxygen atoms in total. The first-order valence-electron chi connectivity index (χ1n) is 12.5. The first-order valence-corrected chi connectivity index (χ1v) is 12.5. The molecular weight excluding hydrogens is 544 g/mol. The molecule has 3 heterocycles. The molecule has 5 N–H and O–H groups in total. The van der Waals surface area contributed by atoms with Gasteiger partial charge in [0.25, 0.3) is 0 Å². The number of likely N-dealkylation sites (N-methyl/N-ethyl adjacent to an activating group) is 1. The predicted molar refractivity (Wildman–Crippen MR) is 137 cm³/mol. The predicted octanol–water partition coefficient (Wildman–Crippen LogP) is -0.0958. The Labute approximate surface area is 232 Å². The highest BCUT2D eigenvalue weighted by Crippen LogP contribution is 2.37. The van der Waals surface area contributed by atoms with Crippen molar-refractivity contribution in [2.45, 2.75) is 31.6 Å². The van der Waals surface area contributed by atoms with Crippen LogP contribution in [0.3, 0.4) is 0 Å². The minimum Gasteiger partial charge on any atom is -0.535 e. The van der Waals surface area contributed by atoms with Gasteiger partial charge in [0.1, 0.15) is 23.3 Å². The Bertz CT molecular complexity index is 1450. The summed E-state index contributed by atoms with van der Waals surface area (Å²) in [4.78, 5) is 80.0. The minimum absolute atomic E-state index is 0.00646. The van der Waals surface area contributed by atoms with E-state index < -0.39 is 72.4 Å². The summed E-state index contributed by atoms with van der Waals surface area (Å²) in [5.74, 6) is -7.33. The quantitative estimate of drug-likeness (QED) is 0.245. The van der Waals surface area contributed by atoms with E-state index in [1.807, 2.05) is 0 Å². The summed E-state index contributed by atoms with van der Waals surface area (Å²) in [5.41, 5.74) is 4.49. The molecule has 0 aliphatic carbocycles. The molecule has 2 aliphatic heterocycles. The summed E-state index contributed by atoms with van der Waals surface area (Å²) in [7, 11) is -1.63. The summed E-state index contributed by atoms with van der Waals surface area (Å²) in [6, 6.07) is 2.09. The maximum atomic E-state index is 15.1. The zero-order valence-corrected chi connectivity index (χ0v) is 21.7. The number of urea groups is 1. The van der Waals surface area contributed by atoms with Crippen molar-refractivity contribution in [3.8, 4) is 5.75 Å². The number of benzene rings is 1. The van der Waals surface area contributed by atoms with Crippen LogP contribution in [0.4, 0.5) is 9.18 Å². The fourth-order valence-electron chi connectivity index (χ4n) is 4.67. The van der Waals surface area contributed by atoms with Crippen LogP contribution in [0.2, 0.25) is 5.82 Å². The van der Waals surface area contributed by atoms with Gasteiger partial charge in [-0.25, -0.2) is 14.0 Å². The van der Waals surface area contributed by atoms with E-state index in [0.29, 0.717) is 10.5 Å². The van der Waals surface area contributed by atoms with E-state index in [2.05, 4.69) is 10.3 Å². The second-order valence-electron chi connectivity index (χ2n) is 9.42. The topological polar surface area (TPSA) is 210 Å². The third-order valence-electron chi connectivity index (χ3n) is 6.87. The summed E-state index contributed by atoms with van der Waals surface area (Å²) < 4.78 is 20.5. The van der Waals surface area contributed by atoms with Gasteiger partial charge in [-0.3, -0.25) is 29.1 Å². The summed E-state index contributed by atoms with van der Waals surface area (Å²) in [6.07, 6.45) is 0.411. The molecule has 1 aromatic heterocycles. The van der Waals surface area contributed by atoms with Crippen LogP contribution in [0.5, 0.6) is 5.75 Å². The van der Waals surface area contributed by atoms with Crippen molar-refractivity contribution in [1.29, 1.82) is 0 Å². The summed E-state index contributed by atoms with van der Waals surface area (Å²) in [6.45, 7) is 1.77. The van der Waals surface area contributed by atoms with E-state index in [4.69, 9.17) is 10.4 Å². The van der Waals surface area contributed by atoms with Crippen molar-refractivity contribution in [3.63, 3.8) is 0 Å². The number of fused-ring (bicyclic) bond motifs is 1. The normalized spacial score (nSPS) is 17.4. The lowest BCUT2D eigenvalue weighted by Crippen LogP contribution is -2.58. The molecule has 0 radical (unpaired) electrons. The number of carbonyl (C=O) groups is 6. The van der Waals surface area contributed by atoms with Crippen LogP contribution in [0.15, 0.2) is 30.5 Å². The number of carboxylic acids is 1. The second kappa shape index (κ2) is 11.7. The second-order valence-corrected chi connectivity index (χ2v) is 9.42. The number of nitrogens with zero attached hydrogens (tertiary/aromatic N) is 3. The largest absolute Gasteiger partial charge is 0.535 e. The third kappa shape index (κ3) is 5.86. The molecule has 0 bridgehead atoms. The van der Waals surface area contributed by atoms with Crippen molar-refractivity contribution in [2.75, 3.05) is 19.6 Å². The lowest BCUT2D eigenvalue weighted by atomic mass is 9.64. The molecular formula is C25H25BFN5O9. The van der Waals surface area contributed by atoms with Gasteiger partial charge in [-0.05, 0) is 31.0 Å². The van der Waals surface area contributed by atoms with Crippen molar-refractivity contribution in [2.24, 2.45) is 5.73 Å². The number of nitrogens with one attached hydrogen (secondary N) is 1. The summed E-state index contributed by atoms with van der Waals surface area (Å²) in [5, 5.41) is 22.2. The number of hydrogen-bond acceptors (Lipinski definition) is 9. The highest BCUT2D eigenvalue weighted by Gasteiger charge is 2.41. The minimum atomic E-state index is -1.81. The van der Waals surface area contributed by atoms with Gasteiger partial charge < -0.3 is 30.7 Å². The zero-order chi connectivity index (χ0) is 30.0. The lowest BCUT2D eigenvalue weighted by molar-refractivity contribution is -0.153. The number of imide groups is 1. The van der Waals surface area contributed by atoms with Crippen molar-refractivity contribution in [3.05, 3.63) is 58.7 Å². The van der Waals surface area contributed by atoms with Gasteiger partial charge >= 0.3 is 30.9 Å². The Morgan fingerprint density at radius 2 is 1.98 bits per heavy atom. The molecule has 2 aromatic rings. The van der Waals surface area contributed by atoms with Gasteiger partial charge in [0.15, 0.2) is 5.78 Å². The van der Waals surface area contributed by atoms with Gasteiger partial charge in [0.2, 0.25) is 5.91 Å². The molecule has 1 fully saturated rings. The molecule has 1 saturated heterocycles. The number of carbonyl (C=O) groups excluding carboxylic acids is 5. The van der Waals surface area contributed by atoms with E-state index in [-0.39, 0.29) is 42.9 Å². The number of primary amides is 1. The number of halogens is 1. The van der Waals surface area contributed by atoms with Gasteiger partial charge in [0.05, 0.1) is 11.1 Å². The molecule has 5 amide bonds. The number of carboxylic acid groups (broad SMARTS) is 1. The number of amides is 5. The Hall–Kier alpha value is -4.86. The molecule has 41 heavy (non-hydrogen) atoms. The van der Waals surface area contributed by atoms with Gasteiger partial charge in [-0.15, -0.1) is 0 Å². The van der Waals surface area contributed by atoms with Gasteiger partial charge in [-0.2, -0.15) is 0 Å². The number of ketones is 1. The number of nitrogens with two attached hydrogens (primary N) is 1. The first kappa shape index (κ1) is 29.1. The average Bonchev–Trinajstić information content (AvgIpc) is 2.93. The molecule has 16 heteroatoms. The maximum absolute atomic E-state index is 15.1. The Morgan fingerprint density at radius 1 is 1.24 bits per heavy atom. The fourth-order valence-corrected chi connectivity index (χ4v) is 4.67. The molecule has 4 rings (SSSR count). The number of aromatic nitrogens is 1. The van der Waals surface area contributed by atoms with Crippen molar-refractivity contribution >= 4 is 42.6 Å². The van der Waals surface area contributed by atoms with Gasteiger partial charge in [0, 0.05) is 38.1 Å². The van der Waals surface area contributed by atoms with Crippen LogP contribution in [0, 0.1) is 5.82 Å². The Morgan fingerprint density at radius 3 is 2.61 bits per heavy atom. The Kier molecular flexibility index (Phi) is 8.32. The number of aromatic carboxylic acids is 1. The number of piperazine rings is 1. The van der Waals surface area contributed by atoms with Gasteiger partial charge in [-0.1, -0.05) is 12.1 Å². The molecule has 1 aromatic carbocycles. The smallest absolute Gasteiger partial charge is 0.526 e. The van der Waals surface area contributed by atoms with Crippen molar-refractivity contribution in [1.82, 2.24) is 20.1 Å². The Balaban J connectivity index is 1.61. The zero-order valence-electron chi connectivity index (χ0n) is 21.7. The van der Waals surface area contributed by atoms with E-state index in [1.165, 1.54) is 17.0 Å². The average molecular weight is 569 g/mol. The van der Waals surface area contributed by atoms with E-state index in [1.54, 1.807) is 13.0 Å². The standard InChI is InChI=1S/C25H25BFN5O9/c1-2-31-6-7-32(23(36)22(31)35)25(39)30-19(18-16(27)9-13(11-29-18)21(28)34)17(33)10-14-8-12-4-3-5-15(24(37)38)20(12)41-26(14)40/h3-5,9,11,14,19,40H,2,6-8,10H2,1H3,(H2,28,34)(H,30,39)(H,37,38)/t14-,19?/m1/s1. The van der Waals surface area contributed by atoms with E-state index in [9.17, 15) is 38.9 Å². The van der Waals surface area contributed by atoms with Crippen molar-refractivity contribution < 1.29 is 47.9 Å². The number of rotatable bonds is 8. The van der Waals surface area contributed by atoms with E-state index >= 15 is 4.39 Å². The fraction of sp³-hybridized carbons (Fsp3) is 0.320. The number of pyridine rings is 1. The monoisotopic (exact) mass is 569 g/mol. The van der Waals surface area contributed by atoms with E-state index in [0.717, 1.165) is 12.3 Å². The lowest BCUT2D eigenvalue weighted by Gasteiger charge is -2.33. The highest BCUT2D eigenvalue weighted by atomic mass is 19.1. The SMILES string of the molecule is CCN1CCN(C(=O)NC(C(=O)C[C@H]2Cc3cccc(C(=O)O)c3OB2O)c2ncc(C(N)=O)cc2F)C(=O)C1=O. The van der Waals surface area contributed by atoms with Crippen LogP contribution in [-0.2, 0) is 20.8 Å². The highest BCUT2D eigenvalue weighted by molar-refractivity contribution is 6.47. The number of Topliss-reactive ketones (excluding diaryl/α,β-unsaturated/α-hetero) is 1. The molecule has 0 saturated carbocycles. The van der Waals surface area contributed by atoms with Crippen LogP contribution in [0.1, 0.15) is 51.4 Å². The number of para-hydroxylation sites is 1. The van der Waals surface area contributed by atoms with Crippen LogP contribution >= 0.6 is 0 Å². The molecule has 214 valence electrons. The third-order valence-corrected chi connectivity index (χ3v) is 6.87. The molecule has 1 unspecified atom stereocenters. The molecule has 2 aliphatic rings. The number of hydrogen-bond donors (Lipinski definition) is 4. The summed E-state index contributed by atoms with van der Waals surface area (Å²) >= 11 is 0. The molecule has 0 spiro atoms. The van der Waals surface area contributed by atoms with Crippen LogP contribution < -0.4 is 15.7 Å².